The van der Waals surface area contributed by atoms with E-state index in [0.29, 0.717) is 13.0 Å². The van der Waals surface area contributed by atoms with Gasteiger partial charge >= 0.3 is 0 Å². The molecular weight excluding hydrogens is 315 g/mol. The maximum absolute atomic E-state index is 13.4. The molecule has 0 fully saturated rings. The number of hydrogen-bond acceptors (Lipinski definition) is 3. The highest BCUT2D eigenvalue weighted by Crippen LogP contribution is 2.33. The summed E-state index contributed by atoms with van der Waals surface area (Å²) in [4.78, 5) is 6.95. The van der Waals surface area contributed by atoms with Gasteiger partial charge in [-0.05, 0) is 49.1 Å². The van der Waals surface area contributed by atoms with Crippen LogP contribution in [0.5, 0.6) is 5.75 Å². The number of rotatable bonds is 5. The second kappa shape index (κ2) is 7.51. The lowest BCUT2D eigenvalue weighted by molar-refractivity contribution is 0.278. The largest absolute Gasteiger partial charge is 0.508 e. The van der Waals surface area contributed by atoms with Crippen molar-refractivity contribution in [1.82, 2.24) is 4.90 Å². The maximum Gasteiger partial charge on any atom is 0.150 e. The van der Waals surface area contributed by atoms with Crippen molar-refractivity contribution in [2.24, 2.45) is 4.99 Å². The third kappa shape index (κ3) is 3.90. The van der Waals surface area contributed by atoms with E-state index in [0.717, 1.165) is 23.3 Å². The van der Waals surface area contributed by atoms with Gasteiger partial charge in [0.2, 0.25) is 0 Å². The molecule has 130 valence electrons. The highest BCUT2D eigenvalue weighted by atomic mass is 19.1. The Balaban J connectivity index is 1.87. The van der Waals surface area contributed by atoms with Gasteiger partial charge in [-0.15, -0.1) is 0 Å². The zero-order chi connectivity index (χ0) is 17.8. The number of nitrogens with zero attached hydrogens (tertiary/aromatic N) is 2. The average molecular weight is 338 g/mol. The van der Waals surface area contributed by atoms with Crippen molar-refractivity contribution in [3.8, 4) is 5.75 Å². The number of hydrogen-bond donors (Lipinski definition) is 1. The van der Waals surface area contributed by atoms with Gasteiger partial charge in [0.15, 0.2) is 6.17 Å². The number of para-hydroxylation sites is 1. The highest BCUT2D eigenvalue weighted by molar-refractivity contribution is 5.98. The van der Waals surface area contributed by atoms with Crippen LogP contribution in [0.4, 0.5) is 4.39 Å². The van der Waals surface area contributed by atoms with Crippen molar-refractivity contribution < 1.29 is 9.50 Å². The van der Waals surface area contributed by atoms with E-state index >= 15 is 0 Å². The summed E-state index contributed by atoms with van der Waals surface area (Å²) in [6, 6.07) is 14.0. The third-order valence-electron chi connectivity index (χ3n) is 4.56. The molecule has 1 heterocycles. The second-order valence-electron chi connectivity index (χ2n) is 6.27. The molecule has 3 rings (SSSR count). The molecule has 25 heavy (non-hydrogen) atoms. The SMILES string of the molecule is CCC1=CN(CCc2cccc(F)c2)C(c2ccccc2O)N=C1C. The Kier molecular flexibility index (Phi) is 5.17. The Labute approximate surface area is 148 Å². The summed E-state index contributed by atoms with van der Waals surface area (Å²) in [5.41, 5.74) is 3.92. The summed E-state index contributed by atoms with van der Waals surface area (Å²) in [5.74, 6) is 0.0280. The molecule has 0 amide bonds. The monoisotopic (exact) mass is 338 g/mol. The van der Waals surface area contributed by atoms with Crippen LogP contribution in [0.25, 0.3) is 0 Å². The smallest absolute Gasteiger partial charge is 0.150 e. The lowest BCUT2D eigenvalue weighted by Gasteiger charge is -2.33. The van der Waals surface area contributed by atoms with Gasteiger partial charge in [0.05, 0.1) is 0 Å². The van der Waals surface area contributed by atoms with Crippen LogP contribution in [0.15, 0.2) is 65.3 Å². The number of benzene rings is 2. The van der Waals surface area contributed by atoms with E-state index in [1.54, 1.807) is 18.2 Å². The summed E-state index contributed by atoms with van der Waals surface area (Å²) in [7, 11) is 0. The standard InChI is InChI=1S/C21H23FN2O/c1-3-17-14-24(12-11-16-7-6-8-18(22)13-16)21(23-15(17)2)19-9-4-5-10-20(19)25/h4-10,13-14,21,25H,3,11-12H2,1-2H3. The summed E-state index contributed by atoms with van der Waals surface area (Å²) in [6.07, 6.45) is 3.48. The fourth-order valence-corrected chi connectivity index (χ4v) is 3.14. The van der Waals surface area contributed by atoms with Crippen molar-refractivity contribution in [3.05, 3.63) is 77.2 Å². The van der Waals surface area contributed by atoms with Crippen LogP contribution in [0.2, 0.25) is 0 Å². The molecule has 1 unspecified atom stereocenters. The van der Waals surface area contributed by atoms with Crippen LogP contribution in [0.1, 0.15) is 37.6 Å². The molecule has 2 aromatic rings. The zero-order valence-corrected chi connectivity index (χ0v) is 14.6. The third-order valence-corrected chi connectivity index (χ3v) is 4.56. The first-order valence-corrected chi connectivity index (χ1v) is 8.62. The number of halogens is 1. The van der Waals surface area contributed by atoms with E-state index < -0.39 is 0 Å². The molecule has 0 bridgehead atoms. The number of phenols is 1. The summed E-state index contributed by atoms with van der Waals surface area (Å²) >= 11 is 0. The summed E-state index contributed by atoms with van der Waals surface area (Å²) < 4.78 is 13.4. The predicted molar refractivity (Wildman–Crippen MR) is 99.1 cm³/mol. The average Bonchev–Trinajstić information content (AvgIpc) is 2.61. The van der Waals surface area contributed by atoms with Crippen LogP contribution in [0, 0.1) is 5.82 Å². The van der Waals surface area contributed by atoms with Crippen molar-refractivity contribution in [2.75, 3.05) is 6.54 Å². The van der Waals surface area contributed by atoms with Crippen LogP contribution >= 0.6 is 0 Å². The van der Waals surface area contributed by atoms with Gasteiger partial charge in [-0.2, -0.15) is 0 Å². The highest BCUT2D eigenvalue weighted by Gasteiger charge is 2.24. The molecule has 0 saturated carbocycles. The molecule has 2 aromatic carbocycles. The molecule has 0 aliphatic carbocycles. The van der Waals surface area contributed by atoms with Crippen LogP contribution in [-0.4, -0.2) is 22.3 Å². The number of phenolic OH excluding ortho intramolecular Hbond substituents is 1. The molecule has 1 N–H and O–H groups in total. The lowest BCUT2D eigenvalue weighted by Crippen LogP contribution is -2.30. The van der Waals surface area contributed by atoms with E-state index in [-0.39, 0.29) is 17.7 Å². The van der Waals surface area contributed by atoms with Crippen molar-refractivity contribution in [3.63, 3.8) is 0 Å². The van der Waals surface area contributed by atoms with Gasteiger partial charge in [0.25, 0.3) is 0 Å². The summed E-state index contributed by atoms with van der Waals surface area (Å²) in [6.45, 7) is 4.81. The van der Waals surface area contributed by atoms with Crippen molar-refractivity contribution in [1.29, 1.82) is 0 Å². The number of allylic oxidation sites excluding steroid dienone is 1. The van der Waals surface area contributed by atoms with Gasteiger partial charge in [-0.3, -0.25) is 4.99 Å². The normalized spacial score (nSPS) is 17.2. The van der Waals surface area contributed by atoms with E-state index in [9.17, 15) is 9.50 Å². The molecule has 4 heteroatoms. The Morgan fingerprint density at radius 3 is 2.68 bits per heavy atom. The van der Waals surface area contributed by atoms with E-state index in [1.165, 1.54) is 11.6 Å². The molecular formula is C21H23FN2O. The van der Waals surface area contributed by atoms with Crippen molar-refractivity contribution in [2.45, 2.75) is 32.9 Å². The predicted octanol–water partition coefficient (Wildman–Crippen LogP) is 4.84. The van der Waals surface area contributed by atoms with Crippen LogP contribution in [-0.2, 0) is 6.42 Å². The first-order chi connectivity index (χ1) is 12.1. The van der Waals surface area contributed by atoms with Crippen LogP contribution in [0.3, 0.4) is 0 Å². The van der Waals surface area contributed by atoms with Crippen LogP contribution < -0.4 is 0 Å². The van der Waals surface area contributed by atoms with Gasteiger partial charge in [0.1, 0.15) is 11.6 Å². The summed E-state index contributed by atoms with van der Waals surface area (Å²) in [5, 5.41) is 10.2. The molecule has 1 aliphatic rings. The fourth-order valence-electron chi connectivity index (χ4n) is 3.14. The Morgan fingerprint density at radius 2 is 1.96 bits per heavy atom. The fraction of sp³-hybridized carbons (Fsp3) is 0.286. The molecule has 0 spiro atoms. The van der Waals surface area contributed by atoms with E-state index in [1.807, 2.05) is 31.2 Å². The van der Waals surface area contributed by atoms with Gasteiger partial charge in [-0.25, -0.2) is 4.39 Å². The first kappa shape index (κ1) is 17.2. The minimum atomic E-state index is -0.259. The minimum absolute atomic E-state index is 0.216. The topological polar surface area (TPSA) is 35.8 Å². The van der Waals surface area contributed by atoms with Crippen molar-refractivity contribution >= 4 is 5.71 Å². The minimum Gasteiger partial charge on any atom is -0.508 e. The molecule has 1 aliphatic heterocycles. The molecule has 0 aromatic heterocycles. The zero-order valence-electron chi connectivity index (χ0n) is 14.6. The Hall–Kier alpha value is -2.62. The van der Waals surface area contributed by atoms with Gasteiger partial charge in [-0.1, -0.05) is 37.3 Å². The first-order valence-electron chi connectivity index (χ1n) is 8.62. The number of aliphatic imine (C=N–C) groups is 1. The van der Waals surface area contributed by atoms with E-state index in [4.69, 9.17) is 4.99 Å². The van der Waals surface area contributed by atoms with Gasteiger partial charge in [0, 0.05) is 24.0 Å². The Morgan fingerprint density at radius 1 is 1.16 bits per heavy atom. The molecule has 0 radical (unpaired) electrons. The lowest BCUT2D eigenvalue weighted by atomic mass is 10.0. The Bertz CT molecular complexity index is 813. The maximum atomic E-state index is 13.4. The molecule has 1 atom stereocenters. The number of aromatic hydroxyl groups is 1. The molecule has 0 saturated heterocycles. The second-order valence-corrected chi connectivity index (χ2v) is 6.27. The molecule has 3 nitrogen and oxygen atoms in total. The van der Waals surface area contributed by atoms with E-state index in [2.05, 4.69) is 18.0 Å². The quantitative estimate of drug-likeness (QED) is 0.846. The van der Waals surface area contributed by atoms with Gasteiger partial charge < -0.3 is 10.0 Å².